The lowest BCUT2D eigenvalue weighted by atomic mass is 10.2. The third-order valence-electron chi connectivity index (χ3n) is 3.28. The third kappa shape index (κ3) is 3.64. The number of carboxylic acids is 1. The Kier molecular flexibility index (Phi) is 4.76. The Morgan fingerprint density at radius 1 is 1.21 bits per heavy atom. The fourth-order valence-electron chi connectivity index (χ4n) is 1.99. The van der Waals surface area contributed by atoms with Gasteiger partial charge in [0.15, 0.2) is 0 Å². The van der Waals surface area contributed by atoms with Gasteiger partial charge in [0.25, 0.3) is 10.0 Å². The largest absolute Gasteiger partial charge is 0.478 e. The monoisotopic (exact) mass is 345 g/mol. The second kappa shape index (κ2) is 6.60. The van der Waals surface area contributed by atoms with E-state index in [1.165, 1.54) is 30.3 Å². The Hall–Kier alpha value is -3.05. The SMILES string of the molecule is CN(C)c1ccc(C#N)c(NS(=O)(=O)c2cccc(C(=O)O)c2)c1. The van der Waals surface area contributed by atoms with Gasteiger partial charge in [0.2, 0.25) is 0 Å². The van der Waals surface area contributed by atoms with Gasteiger partial charge in [0.05, 0.1) is 21.7 Å². The number of nitriles is 1. The van der Waals surface area contributed by atoms with E-state index in [1.807, 2.05) is 6.07 Å². The highest BCUT2D eigenvalue weighted by Gasteiger charge is 2.18. The first-order valence-corrected chi connectivity index (χ1v) is 8.30. The number of sulfonamides is 1. The maximum absolute atomic E-state index is 12.5. The van der Waals surface area contributed by atoms with Crippen molar-refractivity contribution in [2.24, 2.45) is 0 Å². The molecule has 0 atom stereocenters. The van der Waals surface area contributed by atoms with E-state index in [1.54, 1.807) is 25.1 Å². The Morgan fingerprint density at radius 2 is 1.92 bits per heavy atom. The van der Waals surface area contributed by atoms with Crippen molar-refractivity contribution in [2.45, 2.75) is 4.90 Å². The Bertz CT molecular complexity index is 931. The Labute approximate surface area is 139 Å². The lowest BCUT2D eigenvalue weighted by molar-refractivity contribution is 0.0696. The van der Waals surface area contributed by atoms with Crippen LogP contribution in [0.15, 0.2) is 47.4 Å². The summed E-state index contributed by atoms with van der Waals surface area (Å²) in [4.78, 5) is 12.6. The van der Waals surface area contributed by atoms with Crippen molar-refractivity contribution in [3.05, 3.63) is 53.6 Å². The average molecular weight is 345 g/mol. The predicted molar refractivity (Wildman–Crippen MR) is 89.7 cm³/mol. The zero-order chi connectivity index (χ0) is 17.9. The number of nitrogens with zero attached hydrogens (tertiary/aromatic N) is 2. The highest BCUT2D eigenvalue weighted by molar-refractivity contribution is 7.92. The summed E-state index contributed by atoms with van der Waals surface area (Å²) in [7, 11) is -0.452. The first-order chi connectivity index (χ1) is 11.2. The Balaban J connectivity index is 2.46. The first-order valence-electron chi connectivity index (χ1n) is 6.82. The predicted octanol–water partition coefficient (Wildman–Crippen LogP) is 2.12. The van der Waals surface area contributed by atoms with Crippen molar-refractivity contribution in [2.75, 3.05) is 23.7 Å². The van der Waals surface area contributed by atoms with Gasteiger partial charge in [0, 0.05) is 19.8 Å². The van der Waals surface area contributed by atoms with Crippen molar-refractivity contribution in [1.29, 1.82) is 5.26 Å². The molecule has 0 fully saturated rings. The molecule has 2 rings (SSSR count). The van der Waals surface area contributed by atoms with Gasteiger partial charge in [-0.15, -0.1) is 0 Å². The van der Waals surface area contributed by atoms with E-state index in [0.717, 1.165) is 6.07 Å². The summed E-state index contributed by atoms with van der Waals surface area (Å²) < 4.78 is 27.3. The van der Waals surface area contributed by atoms with Crippen LogP contribution >= 0.6 is 0 Å². The van der Waals surface area contributed by atoms with E-state index in [2.05, 4.69) is 4.72 Å². The van der Waals surface area contributed by atoms with Crippen LogP contribution in [0.4, 0.5) is 11.4 Å². The van der Waals surface area contributed by atoms with Gasteiger partial charge in [-0.3, -0.25) is 4.72 Å². The number of nitrogens with one attached hydrogen (secondary N) is 1. The molecule has 0 bridgehead atoms. The summed E-state index contributed by atoms with van der Waals surface area (Å²) in [6.07, 6.45) is 0. The van der Waals surface area contributed by atoms with E-state index in [-0.39, 0.29) is 21.7 Å². The zero-order valence-corrected chi connectivity index (χ0v) is 13.8. The number of hydrogen-bond donors (Lipinski definition) is 2. The van der Waals surface area contributed by atoms with E-state index in [9.17, 15) is 13.2 Å². The number of anilines is 2. The smallest absolute Gasteiger partial charge is 0.335 e. The van der Waals surface area contributed by atoms with Gasteiger partial charge in [-0.05, 0) is 36.4 Å². The highest BCUT2D eigenvalue weighted by atomic mass is 32.2. The molecular weight excluding hydrogens is 330 g/mol. The van der Waals surface area contributed by atoms with Crippen molar-refractivity contribution in [1.82, 2.24) is 0 Å². The molecule has 2 N–H and O–H groups in total. The lowest BCUT2D eigenvalue weighted by Gasteiger charge is -2.16. The second-order valence-corrected chi connectivity index (χ2v) is 6.86. The molecule has 0 aliphatic rings. The molecule has 7 nitrogen and oxygen atoms in total. The van der Waals surface area contributed by atoms with Crippen LogP contribution in [-0.4, -0.2) is 33.6 Å². The van der Waals surface area contributed by atoms with Crippen molar-refractivity contribution in [3.63, 3.8) is 0 Å². The van der Waals surface area contributed by atoms with Crippen LogP contribution in [-0.2, 0) is 10.0 Å². The summed E-state index contributed by atoms with van der Waals surface area (Å²) in [6, 6.07) is 11.7. The van der Waals surface area contributed by atoms with Crippen LogP contribution in [0.1, 0.15) is 15.9 Å². The van der Waals surface area contributed by atoms with E-state index >= 15 is 0 Å². The fraction of sp³-hybridized carbons (Fsp3) is 0.125. The quantitative estimate of drug-likeness (QED) is 0.859. The van der Waals surface area contributed by atoms with Crippen LogP contribution in [0.2, 0.25) is 0 Å². The molecule has 0 spiro atoms. The van der Waals surface area contributed by atoms with Crippen molar-refractivity contribution >= 4 is 27.4 Å². The molecule has 124 valence electrons. The van der Waals surface area contributed by atoms with Crippen LogP contribution in [0.3, 0.4) is 0 Å². The second-order valence-electron chi connectivity index (χ2n) is 5.17. The molecule has 0 radical (unpaired) electrons. The molecule has 2 aromatic carbocycles. The molecule has 2 aromatic rings. The molecule has 0 unspecified atom stereocenters. The maximum atomic E-state index is 12.5. The lowest BCUT2D eigenvalue weighted by Crippen LogP contribution is -2.16. The van der Waals surface area contributed by atoms with Crippen LogP contribution in [0.5, 0.6) is 0 Å². The molecule has 0 amide bonds. The summed E-state index contributed by atoms with van der Waals surface area (Å²) >= 11 is 0. The van der Waals surface area contributed by atoms with Crippen molar-refractivity contribution in [3.8, 4) is 6.07 Å². The number of carbonyl (C=O) groups is 1. The zero-order valence-electron chi connectivity index (χ0n) is 13.0. The molecule has 0 heterocycles. The number of aromatic carboxylic acids is 1. The van der Waals surface area contributed by atoms with Gasteiger partial charge in [0.1, 0.15) is 6.07 Å². The summed E-state index contributed by atoms with van der Waals surface area (Å²) in [6.45, 7) is 0. The van der Waals surface area contributed by atoms with Crippen LogP contribution in [0.25, 0.3) is 0 Å². The maximum Gasteiger partial charge on any atom is 0.335 e. The number of rotatable bonds is 5. The standard InChI is InChI=1S/C16H15N3O4S/c1-19(2)13-7-6-12(10-17)15(9-13)18-24(22,23)14-5-3-4-11(8-14)16(20)21/h3-9,18H,1-2H3,(H,20,21). The van der Waals surface area contributed by atoms with E-state index in [0.29, 0.717) is 5.69 Å². The Morgan fingerprint density at radius 3 is 2.50 bits per heavy atom. The van der Waals surface area contributed by atoms with E-state index in [4.69, 9.17) is 10.4 Å². The van der Waals surface area contributed by atoms with Gasteiger partial charge in [-0.1, -0.05) is 6.07 Å². The first kappa shape index (κ1) is 17.3. The minimum absolute atomic E-state index is 0.129. The summed E-state index contributed by atoms with van der Waals surface area (Å²) in [5.41, 5.74) is 0.870. The molecule has 0 aromatic heterocycles. The summed E-state index contributed by atoms with van der Waals surface area (Å²) in [5.74, 6) is -1.22. The number of benzene rings is 2. The molecule has 0 aliphatic carbocycles. The highest BCUT2D eigenvalue weighted by Crippen LogP contribution is 2.25. The average Bonchev–Trinajstić information content (AvgIpc) is 2.54. The van der Waals surface area contributed by atoms with Gasteiger partial charge in [-0.25, -0.2) is 13.2 Å². The van der Waals surface area contributed by atoms with Gasteiger partial charge >= 0.3 is 5.97 Å². The molecule has 8 heteroatoms. The number of hydrogen-bond acceptors (Lipinski definition) is 5. The van der Waals surface area contributed by atoms with E-state index < -0.39 is 16.0 Å². The van der Waals surface area contributed by atoms with Gasteiger partial charge < -0.3 is 10.0 Å². The van der Waals surface area contributed by atoms with Crippen LogP contribution in [0, 0.1) is 11.3 Å². The normalized spacial score (nSPS) is 10.7. The van der Waals surface area contributed by atoms with Crippen LogP contribution < -0.4 is 9.62 Å². The molecule has 0 saturated carbocycles. The van der Waals surface area contributed by atoms with Crippen molar-refractivity contribution < 1.29 is 18.3 Å². The number of carboxylic acid groups (broad SMARTS) is 1. The topological polar surface area (TPSA) is 111 Å². The molecule has 0 aliphatic heterocycles. The third-order valence-corrected chi connectivity index (χ3v) is 4.64. The molecule has 0 saturated heterocycles. The molecular formula is C16H15N3O4S. The van der Waals surface area contributed by atoms with Gasteiger partial charge in [-0.2, -0.15) is 5.26 Å². The minimum Gasteiger partial charge on any atom is -0.478 e. The molecule has 24 heavy (non-hydrogen) atoms. The minimum atomic E-state index is -4.03. The summed E-state index contributed by atoms with van der Waals surface area (Å²) in [5, 5.41) is 18.1. The fourth-order valence-corrected chi connectivity index (χ4v) is 3.11.